The van der Waals surface area contributed by atoms with Gasteiger partial charge in [0.15, 0.2) is 11.6 Å². The maximum atomic E-state index is 14.8. The first kappa shape index (κ1) is 30.4. The lowest BCUT2D eigenvalue weighted by atomic mass is 10.1. The molecule has 0 saturated carbocycles. The van der Waals surface area contributed by atoms with Crippen LogP contribution in [-0.4, -0.2) is 73.5 Å². The first-order valence-electron chi connectivity index (χ1n) is 12.2. The number of aliphatic hydroxyl groups is 1. The molecule has 2 aromatic carbocycles. The molecule has 0 aliphatic carbocycles. The molecule has 1 aliphatic rings. The zero-order valence-corrected chi connectivity index (χ0v) is 21.8. The standard InChI is InChI=1S/C25H29ClF5N5O3/c1-15(37)13-32-24(39)33-14-16-2-4-18(22(28)21(16)27)23(38)34-19-5-3-17(26)12-20(19)36-10-8-35(9-11-36)7-6-25(29,30)31/h2-5,12,15,37H,6-11,13-14H2,1H3,(H,34,38)(H2,32,33,39). The predicted molar refractivity (Wildman–Crippen MR) is 137 cm³/mol. The molecule has 1 fully saturated rings. The van der Waals surface area contributed by atoms with Crippen molar-refractivity contribution in [2.75, 3.05) is 49.5 Å². The molecule has 3 amide bonds. The number of alkyl halides is 3. The summed E-state index contributed by atoms with van der Waals surface area (Å²) >= 11 is 6.14. The lowest BCUT2D eigenvalue weighted by Crippen LogP contribution is -2.47. The third-order valence-corrected chi connectivity index (χ3v) is 6.27. The Morgan fingerprint density at radius 1 is 1.05 bits per heavy atom. The van der Waals surface area contributed by atoms with Crippen molar-refractivity contribution in [3.05, 3.63) is 58.1 Å². The summed E-state index contributed by atoms with van der Waals surface area (Å²) < 4.78 is 67.1. The fourth-order valence-corrected chi connectivity index (χ4v) is 4.11. The van der Waals surface area contributed by atoms with E-state index in [2.05, 4.69) is 16.0 Å². The van der Waals surface area contributed by atoms with Crippen LogP contribution in [0.4, 0.5) is 38.1 Å². The normalized spacial score (nSPS) is 15.1. The van der Waals surface area contributed by atoms with E-state index in [1.54, 1.807) is 11.0 Å². The number of carbonyl (C=O) groups excluding carboxylic acids is 2. The SMILES string of the molecule is CC(O)CNC(=O)NCc1ccc(C(=O)Nc2ccc(Cl)cc2N2CCN(CCC(F)(F)F)CC2)c(F)c1F. The van der Waals surface area contributed by atoms with E-state index in [1.807, 2.05) is 4.90 Å². The molecular formula is C25H29ClF5N5O3. The monoisotopic (exact) mass is 577 g/mol. The van der Waals surface area contributed by atoms with Crippen LogP contribution in [0.15, 0.2) is 30.3 Å². The van der Waals surface area contributed by atoms with E-state index < -0.39 is 47.8 Å². The quantitative estimate of drug-likeness (QED) is 0.336. The van der Waals surface area contributed by atoms with E-state index in [1.165, 1.54) is 25.1 Å². The minimum Gasteiger partial charge on any atom is -0.392 e. The van der Waals surface area contributed by atoms with Crippen LogP contribution in [0.1, 0.15) is 29.3 Å². The zero-order valence-electron chi connectivity index (χ0n) is 21.0. The fourth-order valence-electron chi connectivity index (χ4n) is 3.94. The molecule has 0 bridgehead atoms. The van der Waals surface area contributed by atoms with Gasteiger partial charge in [-0.05, 0) is 31.2 Å². The van der Waals surface area contributed by atoms with Gasteiger partial charge in [-0.25, -0.2) is 13.6 Å². The maximum Gasteiger partial charge on any atom is 0.390 e. The Balaban J connectivity index is 1.67. The second-order valence-corrected chi connectivity index (χ2v) is 9.56. The lowest BCUT2D eigenvalue weighted by molar-refractivity contribution is -0.138. The summed E-state index contributed by atoms with van der Waals surface area (Å²) in [5.74, 6) is -3.62. The van der Waals surface area contributed by atoms with Crippen LogP contribution < -0.4 is 20.9 Å². The smallest absolute Gasteiger partial charge is 0.390 e. The summed E-state index contributed by atoms with van der Waals surface area (Å²) in [5.41, 5.74) is 0.0178. The molecule has 0 radical (unpaired) electrons. The number of piperazine rings is 1. The summed E-state index contributed by atoms with van der Waals surface area (Å²) in [6, 6.07) is 6.17. The van der Waals surface area contributed by atoms with Gasteiger partial charge in [-0.3, -0.25) is 9.69 Å². The number of carbonyl (C=O) groups is 2. The summed E-state index contributed by atoms with van der Waals surface area (Å²) in [6.07, 6.45) is -5.92. The van der Waals surface area contributed by atoms with Crippen molar-refractivity contribution in [1.82, 2.24) is 15.5 Å². The van der Waals surface area contributed by atoms with Crippen molar-refractivity contribution in [2.24, 2.45) is 0 Å². The van der Waals surface area contributed by atoms with Crippen LogP contribution in [-0.2, 0) is 6.54 Å². The minimum absolute atomic E-state index is 0.0256. The third-order valence-electron chi connectivity index (χ3n) is 6.04. The fraction of sp³-hybridized carbons (Fsp3) is 0.440. The van der Waals surface area contributed by atoms with Gasteiger partial charge in [0, 0.05) is 56.4 Å². The Morgan fingerprint density at radius 2 is 1.74 bits per heavy atom. The van der Waals surface area contributed by atoms with Gasteiger partial charge in [0.05, 0.1) is 29.5 Å². The van der Waals surface area contributed by atoms with Gasteiger partial charge in [-0.15, -0.1) is 0 Å². The Labute approximate surface area is 227 Å². The minimum atomic E-state index is -4.24. The molecule has 214 valence electrons. The van der Waals surface area contributed by atoms with Gasteiger partial charge in [0.2, 0.25) is 0 Å². The highest BCUT2D eigenvalue weighted by Gasteiger charge is 2.29. The summed E-state index contributed by atoms with van der Waals surface area (Å²) in [4.78, 5) is 28.1. The number of urea groups is 1. The van der Waals surface area contributed by atoms with Crippen LogP contribution in [0.2, 0.25) is 5.02 Å². The largest absolute Gasteiger partial charge is 0.392 e. The number of hydrogen-bond donors (Lipinski definition) is 4. The zero-order chi connectivity index (χ0) is 28.7. The van der Waals surface area contributed by atoms with E-state index in [0.717, 1.165) is 6.07 Å². The van der Waals surface area contributed by atoms with Gasteiger partial charge in [-0.2, -0.15) is 13.2 Å². The van der Waals surface area contributed by atoms with Crippen molar-refractivity contribution in [2.45, 2.75) is 32.2 Å². The molecule has 0 aromatic heterocycles. The molecular weight excluding hydrogens is 549 g/mol. The molecule has 1 saturated heterocycles. The Morgan fingerprint density at radius 3 is 2.38 bits per heavy atom. The first-order chi connectivity index (χ1) is 18.3. The van der Waals surface area contributed by atoms with Gasteiger partial charge in [0.25, 0.3) is 5.91 Å². The Hall–Kier alpha value is -3.16. The van der Waals surface area contributed by atoms with Crippen molar-refractivity contribution < 1.29 is 36.6 Å². The average molecular weight is 578 g/mol. The van der Waals surface area contributed by atoms with E-state index in [0.29, 0.717) is 36.9 Å². The molecule has 1 heterocycles. The van der Waals surface area contributed by atoms with E-state index in [-0.39, 0.29) is 30.9 Å². The topological polar surface area (TPSA) is 96.9 Å². The summed E-state index contributed by atoms with van der Waals surface area (Å²) in [7, 11) is 0. The average Bonchev–Trinajstić information content (AvgIpc) is 2.88. The number of nitrogens with zero attached hydrogens (tertiary/aromatic N) is 2. The van der Waals surface area contributed by atoms with Crippen LogP contribution in [0.5, 0.6) is 0 Å². The lowest BCUT2D eigenvalue weighted by Gasteiger charge is -2.37. The van der Waals surface area contributed by atoms with E-state index in [9.17, 15) is 36.6 Å². The third kappa shape index (κ3) is 8.94. The van der Waals surface area contributed by atoms with E-state index in [4.69, 9.17) is 11.6 Å². The molecule has 0 spiro atoms. The highest BCUT2D eigenvalue weighted by molar-refractivity contribution is 6.31. The second-order valence-electron chi connectivity index (χ2n) is 9.12. The Kier molecular flexibility index (Phi) is 10.3. The molecule has 1 atom stereocenters. The first-order valence-corrected chi connectivity index (χ1v) is 12.5. The molecule has 4 N–H and O–H groups in total. The number of rotatable bonds is 9. The predicted octanol–water partition coefficient (Wildman–Crippen LogP) is 4.12. The molecule has 39 heavy (non-hydrogen) atoms. The highest BCUT2D eigenvalue weighted by atomic mass is 35.5. The number of benzene rings is 2. The molecule has 8 nitrogen and oxygen atoms in total. The summed E-state index contributed by atoms with van der Waals surface area (Å²) in [6.45, 7) is 2.45. The second kappa shape index (κ2) is 13.3. The Bertz CT molecular complexity index is 1170. The van der Waals surface area contributed by atoms with Crippen LogP contribution in [0.25, 0.3) is 0 Å². The number of hydrogen-bond acceptors (Lipinski definition) is 5. The number of aliphatic hydroxyl groups excluding tert-OH is 1. The van der Waals surface area contributed by atoms with Gasteiger partial charge in [0.1, 0.15) is 0 Å². The number of nitrogens with one attached hydrogen (secondary N) is 3. The number of halogens is 6. The molecule has 1 unspecified atom stereocenters. The summed E-state index contributed by atoms with van der Waals surface area (Å²) in [5, 5.41) is 16.8. The van der Waals surface area contributed by atoms with Gasteiger partial charge >= 0.3 is 12.2 Å². The van der Waals surface area contributed by atoms with Crippen molar-refractivity contribution in [3.63, 3.8) is 0 Å². The van der Waals surface area contributed by atoms with Gasteiger partial charge in [-0.1, -0.05) is 17.7 Å². The molecule has 1 aliphatic heterocycles. The van der Waals surface area contributed by atoms with Crippen LogP contribution >= 0.6 is 11.6 Å². The van der Waals surface area contributed by atoms with E-state index >= 15 is 0 Å². The van der Waals surface area contributed by atoms with Crippen molar-refractivity contribution >= 4 is 34.9 Å². The highest BCUT2D eigenvalue weighted by Crippen LogP contribution is 2.31. The maximum absolute atomic E-state index is 14.8. The van der Waals surface area contributed by atoms with Crippen molar-refractivity contribution in [3.8, 4) is 0 Å². The molecule has 2 aromatic rings. The number of anilines is 2. The molecule has 14 heteroatoms. The number of amides is 3. The molecule has 3 rings (SSSR count). The van der Waals surface area contributed by atoms with Crippen LogP contribution in [0, 0.1) is 11.6 Å². The van der Waals surface area contributed by atoms with Crippen LogP contribution in [0.3, 0.4) is 0 Å². The van der Waals surface area contributed by atoms with Gasteiger partial charge < -0.3 is 26.0 Å². The van der Waals surface area contributed by atoms with Crippen molar-refractivity contribution in [1.29, 1.82) is 0 Å².